The number of carbonyl (C=O) groups excluding carboxylic acids is 1. The summed E-state index contributed by atoms with van der Waals surface area (Å²) in [5, 5.41) is 11.1. The molecule has 5 heteroatoms. The molecule has 1 aliphatic heterocycles. The summed E-state index contributed by atoms with van der Waals surface area (Å²) in [6, 6.07) is 20.7. The van der Waals surface area contributed by atoms with Gasteiger partial charge in [0.05, 0.1) is 13.0 Å². The van der Waals surface area contributed by atoms with Crippen LogP contribution >= 0.6 is 0 Å². The smallest absolute Gasteiger partial charge is 0.309 e. The van der Waals surface area contributed by atoms with E-state index < -0.39 is 5.60 Å². The van der Waals surface area contributed by atoms with Gasteiger partial charge < -0.3 is 26.7 Å². The number of quaternary nitrogens is 1. The van der Waals surface area contributed by atoms with E-state index in [0.717, 1.165) is 17.6 Å². The van der Waals surface area contributed by atoms with Gasteiger partial charge in [-0.15, -0.1) is 0 Å². The molecule has 0 bridgehead atoms. The van der Waals surface area contributed by atoms with Crippen molar-refractivity contribution in [2.24, 2.45) is 0 Å². The van der Waals surface area contributed by atoms with Gasteiger partial charge in [0.1, 0.15) is 25.7 Å². The van der Waals surface area contributed by atoms with E-state index in [1.165, 1.54) is 11.1 Å². The Kier molecular flexibility index (Phi) is 7.04. The predicted octanol–water partition coefficient (Wildman–Crippen LogP) is 0.294. The van der Waals surface area contributed by atoms with E-state index in [1.807, 2.05) is 36.4 Å². The Bertz CT molecular complexity index is 696. The summed E-state index contributed by atoms with van der Waals surface area (Å²) >= 11 is 0. The van der Waals surface area contributed by atoms with Crippen LogP contribution in [0.15, 0.2) is 60.7 Å². The van der Waals surface area contributed by atoms with E-state index in [1.54, 1.807) is 6.92 Å². The van der Waals surface area contributed by atoms with Crippen molar-refractivity contribution in [2.45, 2.75) is 45.0 Å². The molecule has 1 fully saturated rings. The first-order valence-corrected chi connectivity index (χ1v) is 9.29. The maximum atomic E-state index is 11.9. The zero-order valence-corrected chi connectivity index (χ0v) is 16.7. The van der Waals surface area contributed by atoms with Gasteiger partial charge in [0.2, 0.25) is 0 Å². The Labute approximate surface area is 167 Å². The lowest BCUT2D eigenvalue weighted by atomic mass is 9.77. The number of rotatable bonds is 7. The third-order valence-electron chi connectivity index (χ3n) is 5.62. The Balaban J connectivity index is 0.00000261. The molecular weight excluding hydrogens is 362 g/mol. The van der Waals surface area contributed by atoms with Crippen LogP contribution in [-0.2, 0) is 22.6 Å². The molecule has 2 aromatic carbocycles. The Morgan fingerprint density at radius 1 is 1.07 bits per heavy atom. The number of likely N-dealkylation sites (tertiary alicyclic amines) is 1. The van der Waals surface area contributed by atoms with Crippen molar-refractivity contribution >= 4 is 5.97 Å². The summed E-state index contributed by atoms with van der Waals surface area (Å²) in [4.78, 5) is 11.9. The lowest BCUT2D eigenvalue weighted by molar-refractivity contribution is -1.03. The van der Waals surface area contributed by atoms with Crippen LogP contribution < -0.4 is 12.4 Å². The molecule has 0 aliphatic carbocycles. The second-order valence-corrected chi connectivity index (χ2v) is 7.43. The SMILES string of the molecule is CCOC(=O)C[C@]1(O)C[N+](Cc2ccccc2)(Cc2ccccc2)[C@H]1C.[Cl-]. The van der Waals surface area contributed by atoms with Crippen LogP contribution in [0.5, 0.6) is 0 Å². The highest BCUT2D eigenvalue weighted by molar-refractivity contribution is 5.71. The summed E-state index contributed by atoms with van der Waals surface area (Å²) in [5.74, 6) is -0.320. The van der Waals surface area contributed by atoms with Gasteiger partial charge in [-0.25, -0.2) is 0 Å². The van der Waals surface area contributed by atoms with E-state index in [0.29, 0.717) is 13.2 Å². The molecule has 0 radical (unpaired) electrons. The van der Waals surface area contributed by atoms with Crippen LogP contribution in [0.25, 0.3) is 0 Å². The van der Waals surface area contributed by atoms with Gasteiger partial charge in [-0.1, -0.05) is 60.7 Å². The van der Waals surface area contributed by atoms with Crippen LogP contribution in [0.3, 0.4) is 0 Å². The van der Waals surface area contributed by atoms with Crippen molar-refractivity contribution in [1.82, 2.24) is 0 Å². The number of hydrogen-bond donors (Lipinski definition) is 1. The number of hydrogen-bond acceptors (Lipinski definition) is 3. The summed E-state index contributed by atoms with van der Waals surface area (Å²) in [6.07, 6.45) is 0.0611. The van der Waals surface area contributed by atoms with Crippen molar-refractivity contribution in [3.8, 4) is 0 Å². The Hall–Kier alpha value is -1.88. The molecule has 1 saturated heterocycles. The van der Waals surface area contributed by atoms with Crippen LogP contribution in [0.2, 0.25) is 0 Å². The monoisotopic (exact) mass is 389 g/mol. The van der Waals surface area contributed by atoms with Crippen molar-refractivity contribution in [2.75, 3.05) is 13.2 Å². The quantitative estimate of drug-likeness (QED) is 0.547. The molecule has 3 rings (SSSR count). The molecule has 1 N–H and O–H groups in total. The normalized spacial score (nSPS) is 23.0. The van der Waals surface area contributed by atoms with Gasteiger partial charge in [0, 0.05) is 11.1 Å². The first-order chi connectivity index (χ1) is 12.5. The summed E-state index contributed by atoms with van der Waals surface area (Å²) < 4.78 is 5.80. The zero-order valence-electron chi connectivity index (χ0n) is 16.0. The van der Waals surface area contributed by atoms with Crippen molar-refractivity contribution in [1.29, 1.82) is 0 Å². The van der Waals surface area contributed by atoms with Gasteiger partial charge in [-0.3, -0.25) is 4.79 Å². The van der Waals surface area contributed by atoms with Crippen molar-refractivity contribution < 1.29 is 31.5 Å². The molecule has 0 spiro atoms. The fraction of sp³-hybridized carbons (Fsp3) is 0.409. The van der Waals surface area contributed by atoms with Crippen molar-refractivity contribution in [3.05, 3.63) is 71.8 Å². The second-order valence-electron chi connectivity index (χ2n) is 7.43. The Morgan fingerprint density at radius 2 is 1.56 bits per heavy atom. The van der Waals surface area contributed by atoms with Gasteiger partial charge in [0.15, 0.2) is 5.60 Å². The van der Waals surface area contributed by atoms with Crippen LogP contribution in [-0.4, -0.2) is 40.4 Å². The first-order valence-electron chi connectivity index (χ1n) is 9.29. The predicted molar refractivity (Wildman–Crippen MR) is 101 cm³/mol. The molecule has 2 atom stereocenters. The van der Waals surface area contributed by atoms with E-state index in [4.69, 9.17) is 4.74 Å². The van der Waals surface area contributed by atoms with Crippen LogP contribution in [0.4, 0.5) is 0 Å². The van der Waals surface area contributed by atoms with E-state index in [-0.39, 0.29) is 30.8 Å². The molecule has 146 valence electrons. The number of ether oxygens (including phenoxy) is 1. The molecule has 1 aliphatic rings. The van der Waals surface area contributed by atoms with Gasteiger partial charge >= 0.3 is 5.97 Å². The number of aliphatic hydroxyl groups is 1. The highest BCUT2D eigenvalue weighted by Crippen LogP contribution is 2.43. The minimum atomic E-state index is -1.00. The Morgan fingerprint density at radius 3 is 1.96 bits per heavy atom. The van der Waals surface area contributed by atoms with E-state index in [2.05, 4.69) is 31.2 Å². The molecule has 0 amide bonds. The first kappa shape index (κ1) is 21.4. The van der Waals surface area contributed by atoms with Crippen LogP contribution in [0.1, 0.15) is 31.4 Å². The molecule has 4 nitrogen and oxygen atoms in total. The maximum Gasteiger partial charge on any atom is 0.309 e. The van der Waals surface area contributed by atoms with E-state index in [9.17, 15) is 9.90 Å². The molecule has 27 heavy (non-hydrogen) atoms. The third kappa shape index (κ3) is 4.70. The lowest BCUT2D eigenvalue weighted by Gasteiger charge is -2.60. The summed E-state index contributed by atoms with van der Waals surface area (Å²) in [6.45, 7) is 6.41. The van der Waals surface area contributed by atoms with Crippen molar-refractivity contribution in [3.63, 3.8) is 0 Å². The zero-order chi connectivity index (χ0) is 18.6. The topological polar surface area (TPSA) is 46.5 Å². The summed E-state index contributed by atoms with van der Waals surface area (Å²) in [5.41, 5.74) is 1.48. The molecular formula is C22H28ClNO3. The van der Waals surface area contributed by atoms with Crippen LogP contribution in [0, 0.1) is 0 Å². The molecule has 0 aromatic heterocycles. The lowest BCUT2D eigenvalue weighted by Crippen LogP contribution is -3.00. The number of halogens is 1. The fourth-order valence-electron chi connectivity index (χ4n) is 4.21. The van der Waals surface area contributed by atoms with Gasteiger partial charge in [0.25, 0.3) is 0 Å². The minimum Gasteiger partial charge on any atom is -1.00 e. The van der Waals surface area contributed by atoms with Gasteiger partial charge in [-0.05, 0) is 13.8 Å². The standard InChI is InChI=1S/C22H28NO3.ClH/c1-3-26-21(24)14-22(25)17-23(18(22)2,15-19-10-6-4-7-11-19)16-20-12-8-5-9-13-20;/h4-13,18,25H,3,14-17H2,1-2H3;1H/q+1;/p-1/t18-,22-;/m0./s1. The fourth-order valence-corrected chi connectivity index (χ4v) is 4.21. The molecule has 0 unspecified atom stereocenters. The number of esters is 1. The largest absolute Gasteiger partial charge is 1.00 e. The highest BCUT2D eigenvalue weighted by atomic mass is 35.5. The maximum absolute atomic E-state index is 11.9. The molecule has 1 heterocycles. The van der Waals surface area contributed by atoms with E-state index >= 15 is 0 Å². The van der Waals surface area contributed by atoms with Gasteiger partial charge in [-0.2, -0.15) is 0 Å². The second kappa shape index (κ2) is 8.87. The molecule has 0 saturated carbocycles. The number of benzene rings is 2. The molecule has 2 aromatic rings. The average Bonchev–Trinajstić information content (AvgIpc) is 2.63. The number of nitrogens with zero attached hydrogens (tertiary/aromatic N) is 1. The third-order valence-corrected chi connectivity index (χ3v) is 5.62. The highest BCUT2D eigenvalue weighted by Gasteiger charge is 2.62. The average molecular weight is 390 g/mol. The summed E-state index contributed by atoms with van der Waals surface area (Å²) in [7, 11) is 0. The number of carbonyl (C=O) groups is 1. The minimum absolute atomic E-state index is 0.